The van der Waals surface area contributed by atoms with E-state index in [1.54, 1.807) is 18.2 Å². The van der Waals surface area contributed by atoms with E-state index in [1.165, 1.54) is 12.3 Å². The number of anilines is 2. The first-order valence-corrected chi connectivity index (χ1v) is 12.1. The quantitative estimate of drug-likeness (QED) is 0.237. The van der Waals surface area contributed by atoms with Gasteiger partial charge in [-0.3, -0.25) is 4.98 Å². The highest BCUT2D eigenvalue weighted by molar-refractivity contribution is 6.33. The summed E-state index contributed by atoms with van der Waals surface area (Å²) in [6.45, 7) is 6.41. The Morgan fingerprint density at radius 2 is 1.74 bits per heavy atom. The number of rotatable bonds is 5. The van der Waals surface area contributed by atoms with Gasteiger partial charge in [-0.1, -0.05) is 38.4 Å². The minimum Gasteiger partial charge on any atom is -0.457 e. The van der Waals surface area contributed by atoms with Crippen molar-refractivity contribution in [2.75, 3.05) is 5.32 Å². The van der Waals surface area contributed by atoms with Gasteiger partial charge >= 0.3 is 6.18 Å². The molecule has 7 nitrogen and oxygen atoms in total. The molecule has 0 aliphatic heterocycles. The number of H-pyrrole nitrogens is 1. The molecule has 0 spiro atoms. The number of hydrogen-bond acceptors (Lipinski definition) is 5. The Morgan fingerprint density at radius 3 is 2.45 bits per heavy atom. The minimum atomic E-state index is -4.52. The van der Waals surface area contributed by atoms with Gasteiger partial charge in [-0.25, -0.2) is 9.97 Å². The number of alkyl halides is 3. The normalized spacial score (nSPS) is 12.2. The van der Waals surface area contributed by atoms with E-state index in [0.717, 1.165) is 23.0 Å². The van der Waals surface area contributed by atoms with Crippen molar-refractivity contribution in [2.45, 2.75) is 32.4 Å². The molecule has 2 aromatic carbocycles. The Balaban J connectivity index is 1.40. The second-order valence-corrected chi connectivity index (χ2v) is 10.2. The Kier molecular flexibility index (Phi) is 6.30. The molecule has 5 aromatic rings. The van der Waals surface area contributed by atoms with Gasteiger partial charge < -0.3 is 19.6 Å². The van der Waals surface area contributed by atoms with Crippen LogP contribution >= 0.6 is 11.6 Å². The summed E-state index contributed by atoms with van der Waals surface area (Å²) in [6.07, 6.45) is -2.35. The van der Waals surface area contributed by atoms with Gasteiger partial charge in [0.25, 0.3) is 0 Å². The molecule has 0 fully saturated rings. The summed E-state index contributed by atoms with van der Waals surface area (Å²) in [4.78, 5) is 14.9. The van der Waals surface area contributed by atoms with Crippen LogP contribution in [0.5, 0.6) is 11.5 Å². The summed E-state index contributed by atoms with van der Waals surface area (Å²) in [6, 6.07) is 14.5. The van der Waals surface area contributed by atoms with Gasteiger partial charge in [-0.05, 0) is 41.3 Å². The van der Waals surface area contributed by atoms with E-state index >= 15 is 0 Å². The molecular weight excluding hydrogens is 517 g/mol. The average molecular weight is 541 g/mol. The Labute approximate surface area is 221 Å². The lowest BCUT2D eigenvalue weighted by atomic mass is 9.87. The monoisotopic (exact) mass is 540 g/mol. The van der Waals surface area contributed by atoms with Crippen molar-refractivity contribution in [3.63, 3.8) is 0 Å². The molecule has 196 valence electrons. The zero-order valence-corrected chi connectivity index (χ0v) is 21.7. The molecule has 0 amide bonds. The summed E-state index contributed by atoms with van der Waals surface area (Å²) < 4.78 is 46.6. The third kappa shape index (κ3) is 5.17. The molecule has 38 heavy (non-hydrogen) atoms. The minimum absolute atomic E-state index is 0.00661. The lowest BCUT2D eigenvalue weighted by Crippen LogP contribution is -2.11. The number of fused-ring (bicyclic) bond motifs is 1. The number of halogens is 4. The number of imidazole rings is 2. The number of aryl methyl sites for hydroxylation is 1. The van der Waals surface area contributed by atoms with Gasteiger partial charge in [-0.2, -0.15) is 13.2 Å². The summed E-state index contributed by atoms with van der Waals surface area (Å²) in [5.41, 5.74) is 2.68. The van der Waals surface area contributed by atoms with Crippen LogP contribution in [0.15, 0.2) is 60.9 Å². The number of hydrogen-bond donors (Lipinski definition) is 2. The molecule has 0 unspecified atom stereocenters. The highest BCUT2D eigenvalue weighted by atomic mass is 35.5. The van der Waals surface area contributed by atoms with Crippen LogP contribution in [0.25, 0.3) is 22.6 Å². The molecule has 0 saturated heterocycles. The number of aromatic nitrogens is 5. The van der Waals surface area contributed by atoms with Crippen LogP contribution in [-0.2, 0) is 18.6 Å². The Morgan fingerprint density at radius 1 is 0.974 bits per heavy atom. The largest absolute Gasteiger partial charge is 0.457 e. The van der Waals surface area contributed by atoms with Gasteiger partial charge in [0.2, 0.25) is 5.95 Å². The van der Waals surface area contributed by atoms with E-state index in [4.69, 9.17) is 21.3 Å². The maximum atomic E-state index is 12.9. The van der Waals surface area contributed by atoms with Gasteiger partial charge in [-0.15, -0.1) is 0 Å². The SMILES string of the molecule is Cn1c(Nc2cc(C(C)(C)C)ccc2Cl)nc2cc(Oc3ccnc(-c4ncc(C(F)(F)F)[nH]4)c3)ccc21. The topological polar surface area (TPSA) is 80.7 Å². The second-order valence-electron chi connectivity index (χ2n) is 9.84. The number of ether oxygens (including phenoxy) is 1. The summed E-state index contributed by atoms with van der Waals surface area (Å²) in [5, 5.41) is 3.91. The zero-order chi connectivity index (χ0) is 27.2. The molecule has 0 atom stereocenters. The maximum absolute atomic E-state index is 12.9. The van der Waals surface area contributed by atoms with E-state index in [9.17, 15) is 13.2 Å². The van der Waals surface area contributed by atoms with Crippen LogP contribution in [0.4, 0.5) is 24.8 Å². The molecule has 3 heterocycles. The summed E-state index contributed by atoms with van der Waals surface area (Å²) in [7, 11) is 1.90. The van der Waals surface area contributed by atoms with Crippen LogP contribution in [0, 0.1) is 0 Å². The number of nitrogens with zero attached hydrogens (tertiary/aromatic N) is 4. The van der Waals surface area contributed by atoms with Crippen molar-refractivity contribution in [1.29, 1.82) is 0 Å². The molecule has 5 rings (SSSR count). The smallest absolute Gasteiger partial charge is 0.432 e. The van der Waals surface area contributed by atoms with Crippen LogP contribution in [0.2, 0.25) is 5.02 Å². The van der Waals surface area contributed by atoms with Gasteiger partial charge in [0.1, 0.15) is 22.9 Å². The van der Waals surface area contributed by atoms with E-state index in [-0.39, 0.29) is 16.9 Å². The second kappa shape index (κ2) is 9.36. The van der Waals surface area contributed by atoms with Crippen molar-refractivity contribution in [2.24, 2.45) is 7.05 Å². The molecule has 0 bridgehead atoms. The van der Waals surface area contributed by atoms with Gasteiger partial charge in [0.15, 0.2) is 5.82 Å². The highest BCUT2D eigenvalue weighted by Crippen LogP contribution is 2.34. The first kappa shape index (κ1) is 25.6. The van der Waals surface area contributed by atoms with Crippen molar-refractivity contribution >= 4 is 34.3 Å². The van der Waals surface area contributed by atoms with Crippen molar-refractivity contribution in [3.8, 4) is 23.0 Å². The van der Waals surface area contributed by atoms with Crippen molar-refractivity contribution < 1.29 is 17.9 Å². The first-order chi connectivity index (χ1) is 17.9. The van der Waals surface area contributed by atoms with E-state index in [0.29, 0.717) is 28.0 Å². The lowest BCUT2D eigenvalue weighted by molar-refractivity contribution is -0.140. The molecule has 2 N–H and O–H groups in total. The molecule has 0 aliphatic rings. The maximum Gasteiger partial charge on any atom is 0.432 e. The zero-order valence-electron chi connectivity index (χ0n) is 21.0. The molecule has 0 aliphatic carbocycles. The fourth-order valence-corrected chi connectivity index (χ4v) is 4.06. The van der Waals surface area contributed by atoms with E-state index in [1.807, 2.05) is 35.9 Å². The highest BCUT2D eigenvalue weighted by Gasteiger charge is 2.33. The van der Waals surface area contributed by atoms with Crippen LogP contribution < -0.4 is 10.1 Å². The lowest BCUT2D eigenvalue weighted by Gasteiger charge is -2.20. The third-order valence-electron chi connectivity index (χ3n) is 6.02. The molecule has 3 aromatic heterocycles. The third-order valence-corrected chi connectivity index (χ3v) is 6.35. The predicted molar refractivity (Wildman–Crippen MR) is 141 cm³/mol. The summed E-state index contributed by atoms with van der Waals surface area (Å²) >= 11 is 6.46. The van der Waals surface area contributed by atoms with Gasteiger partial charge in [0.05, 0.1) is 27.9 Å². The van der Waals surface area contributed by atoms with Crippen LogP contribution in [-0.4, -0.2) is 24.5 Å². The number of pyridine rings is 1. The number of aromatic amines is 1. The molecule has 0 radical (unpaired) electrons. The average Bonchev–Trinajstić information content (AvgIpc) is 3.46. The number of benzene rings is 2. The van der Waals surface area contributed by atoms with Gasteiger partial charge in [0, 0.05) is 25.4 Å². The van der Waals surface area contributed by atoms with Crippen molar-refractivity contribution in [3.05, 3.63) is 77.2 Å². The fraction of sp³-hybridized carbons (Fsp3) is 0.222. The van der Waals surface area contributed by atoms with Crippen molar-refractivity contribution in [1.82, 2.24) is 24.5 Å². The number of nitrogens with one attached hydrogen (secondary N) is 2. The molecule has 0 saturated carbocycles. The standard InChI is InChI=1S/C27H24ClF3N6O/c1-26(2,3)15-5-7-18(28)19(11-15)34-25-35-20-12-16(6-8-22(20)37(25)4)38-17-9-10-32-21(13-17)24-33-14-23(36-24)27(29,30)31/h5-14H,1-4H3,(H,33,36)(H,34,35). The Hall–Kier alpha value is -4.05. The van der Waals surface area contributed by atoms with E-state index < -0.39 is 11.9 Å². The molecular formula is C27H24ClF3N6O. The van der Waals surface area contributed by atoms with Crippen LogP contribution in [0.1, 0.15) is 32.0 Å². The van der Waals surface area contributed by atoms with Crippen LogP contribution in [0.3, 0.4) is 0 Å². The molecule has 11 heteroatoms. The fourth-order valence-electron chi connectivity index (χ4n) is 3.90. The van der Waals surface area contributed by atoms with E-state index in [2.05, 4.69) is 41.0 Å². The Bertz CT molecular complexity index is 1630. The first-order valence-electron chi connectivity index (χ1n) is 11.7. The predicted octanol–water partition coefficient (Wildman–Crippen LogP) is 7.86. The summed E-state index contributed by atoms with van der Waals surface area (Å²) in [5.74, 6) is 1.49.